The van der Waals surface area contributed by atoms with Crippen molar-refractivity contribution in [2.75, 3.05) is 0 Å². The van der Waals surface area contributed by atoms with Crippen LogP contribution in [0, 0.1) is 17.0 Å². The molecule has 2 bridgehead atoms. The van der Waals surface area contributed by atoms with Crippen LogP contribution in [0.2, 0.25) is 0 Å². The fourth-order valence-electron chi connectivity index (χ4n) is 4.76. The first kappa shape index (κ1) is 19.6. The Morgan fingerprint density at radius 2 is 1.69 bits per heavy atom. The van der Waals surface area contributed by atoms with Gasteiger partial charge in [0.15, 0.2) is 0 Å². The van der Waals surface area contributed by atoms with Crippen LogP contribution >= 0.6 is 0 Å². The van der Waals surface area contributed by atoms with E-state index in [1.807, 2.05) is 0 Å². The topological polar surface area (TPSA) is 75.5 Å². The van der Waals surface area contributed by atoms with Gasteiger partial charge in [-0.3, -0.25) is 19.8 Å². The van der Waals surface area contributed by atoms with Crippen LogP contribution in [-0.2, 0) is 6.54 Å². The summed E-state index contributed by atoms with van der Waals surface area (Å²) in [4.78, 5) is 25.6. The minimum atomic E-state index is -0.452. The SMILES string of the molecule is Cc1ccc(CN2[C@H]3CCC[C@H]2CC(NC(=O)c2ccc([N+](=O)[O-])cc2)C3)cc1. The lowest BCUT2D eigenvalue weighted by Gasteiger charge is -2.49. The smallest absolute Gasteiger partial charge is 0.269 e. The molecule has 2 atom stereocenters. The van der Waals surface area contributed by atoms with E-state index < -0.39 is 4.92 Å². The van der Waals surface area contributed by atoms with Crippen LogP contribution in [-0.4, -0.2) is 33.9 Å². The summed E-state index contributed by atoms with van der Waals surface area (Å²) < 4.78 is 0. The van der Waals surface area contributed by atoms with E-state index in [4.69, 9.17) is 0 Å². The van der Waals surface area contributed by atoms with Gasteiger partial charge in [-0.1, -0.05) is 36.2 Å². The number of fused-ring (bicyclic) bond motifs is 2. The van der Waals surface area contributed by atoms with Gasteiger partial charge in [0, 0.05) is 42.4 Å². The number of hydrogen-bond acceptors (Lipinski definition) is 4. The van der Waals surface area contributed by atoms with Gasteiger partial charge in [-0.25, -0.2) is 0 Å². The Labute approximate surface area is 171 Å². The van der Waals surface area contributed by atoms with Crippen LogP contribution in [0.4, 0.5) is 5.69 Å². The zero-order valence-corrected chi connectivity index (χ0v) is 16.7. The molecule has 0 saturated carbocycles. The number of non-ortho nitro benzene ring substituents is 1. The molecule has 0 unspecified atom stereocenters. The third-order valence-corrected chi connectivity index (χ3v) is 6.29. The summed E-state index contributed by atoms with van der Waals surface area (Å²) in [6.07, 6.45) is 5.52. The minimum Gasteiger partial charge on any atom is -0.349 e. The molecular weight excluding hydrogens is 366 g/mol. The van der Waals surface area contributed by atoms with Crippen molar-refractivity contribution in [1.29, 1.82) is 0 Å². The normalized spacial score (nSPS) is 24.1. The van der Waals surface area contributed by atoms with Gasteiger partial charge in [0.1, 0.15) is 0 Å². The first-order valence-electron chi connectivity index (χ1n) is 10.4. The molecule has 29 heavy (non-hydrogen) atoms. The number of benzene rings is 2. The number of nitro benzene ring substituents is 1. The summed E-state index contributed by atoms with van der Waals surface area (Å²) in [5.41, 5.74) is 3.10. The predicted molar refractivity (Wildman–Crippen MR) is 112 cm³/mol. The molecule has 2 aliphatic rings. The van der Waals surface area contributed by atoms with Crippen molar-refractivity contribution >= 4 is 11.6 Å². The summed E-state index contributed by atoms with van der Waals surface area (Å²) >= 11 is 0. The molecule has 2 saturated heterocycles. The monoisotopic (exact) mass is 393 g/mol. The Kier molecular flexibility index (Phi) is 5.62. The molecule has 0 spiro atoms. The molecule has 0 aliphatic carbocycles. The highest BCUT2D eigenvalue weighted by Gasteiger charge is 2.38. The second kappa shape index (κ2) is 8.33. The molecule has 1 N–H and O–H groups in total. The van der Waals surface area contributed by atoms with E-state index in [2.05, 4.69) is 41.4 Å². The zero-order valence-electron chi connectivity index (χ0n) is 16.7. The van der Waals surface area contributed by atoms with Gasteiger partial charge in [-0.2, -0.15) is 0 Å². The van der Waals surface area contributed by atoms with Gasteiger partial charge in [-0.05, 0) is 50.3 Å². The quantitative estimate of drug-likeness (QED) is 0.610. The maximum absolute atomic E-state index is 12.6. The standard InChI is InChI=1S/C23H27N3O3/c1-16-5-7-17(8-6-16)15-25-21-3-2-4-22(25)14-19(13-21)24-23(27)18-9-11-20(12-10-18)26(28)29/h5-12,19,21-22H,2-4,13-15H2,1H3,(H,24,27)/t21-,22-/m0/s1. The van der Waals surface area contributed by atoms with Crippen LogP contribution in [0.3, 0.4) is 0 Å². The molecule has 2 heterocycles. The van der Waals surface area contributed by atoms with Crippen molar-refractivity contribution < 1.29 is 9.72 Å². The number of amides is 1. The Bertz CT molecular complexity index is 865. The first-order chi connectivity index (χ1) is 14.0. The average Bonchev–Trinajstić information content (AvgIpc) is 2.70. The molecule has 2 fully saturated rings. The number of nitro groups is 1. The Hall–Kier alpha value is -2.73. The molecular formula is C23H27N3O3. The van der Waals surface area contributed by atoms with E-state index in [0.29, 0.717) is 17.6 Å². The van der Waals surface area contributed by atoms with Crippen molar-refractivity contribution in [3.8, 4) is 0 Å². The summed E-state index contributed by atoms with van der Waals surface area (Å²) in [6.45, 7) is 3.08. The lowest BCUT2D eigenvalue weighted by atomic mass is 9.81. The third kappa shape index (κ3) is 4.48. The number of aryl methyl sites for hydroxylation is 1. The van der Waals surface area contributed by atoms with Crippen LogP contribution in [0.15, 0.2) is 48.5 Å². The summed E-state index contributed by atoms with van der Waals surface area (Å²) in [5, 5.41) is 14.0. The first-order valence-corrected chi connectivity index (χ1v) is 10.4. The van der Waals surface area contributed by atoms with Crippen LogP contribution < -0.4 is 5.32 Å². The number of hydrogen-bond donors (Lipinski definition) is 1. The number of rotatable bonds is 5. The fraction of sp³-hybridized carbons (Fsp3) is 0.435. The van der Waals surface area contributed by atoms with E-state index in [1.165, 1.54) is 54.7 Å². The lowest BCUT2D eigenvalue weighted by molar-refractivity contribution is -0.384. The Morgan fingerprint density at radius 1 is 1.07 bits per heavy atom. The number of piperidine rings is 2. The highest BCUT2D eigenvalue weighted by Crippen LogP contribution is 2.35. The van der Waals surface area contributed by atoms with Crippen LogP contribution in [0.5, 0.6) is 0 Å². The number of nitrogens with one attached hydrogen (secondary N) is 1. The van der Waals surface area contributed by atoms with Gasteiger partial charge in [0.05, 0.1) is 4.92 Å². The van der Waals surface area contributed by atoms with Gasteiger partial charge in [0.2, 0.25) is 0 Å². The van der Waals surface area contributed by atoms with Gasteiger partial charge in [0.25, 0.3) is 11.6 Å². The molecule has 6 heteroatoms. The summed E-state index contributed by atoms with van der Waals surface area (Å²) in [7, 11) is 0. The average molecular weight is 393 g/mol. The molecule has 152 valence electrons. The van der Waals surface area contributed by atoms with Gasteiger partial charge < -0.3 is 5.32 Å². The van der Waals surface area contributed by atoms with Crippen molar-refractivity contribution in [2.45, 2.75) is 63.7 Å². The molecule has 0 aromatic heterocycles. The van der Waals surface area contributed by atoms with E-state index in [0.717, 1.165) is 19.4 Å². The molecule has 2 aromatic rings. The Morgan fingerprint density at radius 3 is 2.28 bits per heavy atom. The molecule has 0 radical (unpaired) electrons. The molecule has 4 rings (SSSR count). The highest BCUT2D eigenvalue weighted by molar-refractivity contribution is 5.94. The van der Waals surface area contributed by atoms with Crippen molar-refractivity contribution in [3.05, 3.63) is 75.3 Å². The number of nitrogens with zero attached hydrogens (tertiary/aromatic N) is 2. The molecule has 6 nitrogen and oxygen atoms in total. The largest absolute Gasteiger partial charge is 0.349 e. The highest BCUT2D eigenvalue weighted by atomic mass is 16.6. The Balaban J connectivity index is 1.39. The van der Waals surface area contributed by atoms with Crippen LogP contribution in [0.25, 0.3) is 0 Å². The number of carbonyl (C=O) groups excluding carboxylic acids is 1. The second-order valence-corrected chi connectivity index (χ2v) is 8.34. The maximum atomic E-state index is 12.6. The van der Waals surface area contributed by atoms with E-state index in [-0.39, 0.29) is 17.6 Å². The number of carbonyl (C=O) groups is 1. The predicted octanol–water partition coefficient (Wildman–Crippen LogP) is 4.22. The van der Waals surface area contributed by atoms with Crippen molar-refractivity contribution in [3.63, 3.8) is 0 Å². The van der Waals surface area contributed by atoms with Crippen LogP contribution in [0.1, 0.15) is 53.6 Å². The van der Waals surface area contributed by atoms with E-state index in [9.17, 15) is 14.9 Å². The van der Waals surface area contributed by atoms with Gasteiger partial charge in [-0.15, -0.1) is 0 Å². The van der Waals surface area contributed by atoms with E-state index >= 15 is 0 Å². The fourth-order valence-corrected chi connectivity index (χ4v) is 4.76. The minimum absolute atomic E-state index is 0.000459. The summed E-state index contributed by atoms with van der Waals surface area (Å²) in [5.74, 6) is -0.144. The van der Waals surface area contributed by atoms with E-state index in [1.54, 1.807) is 0 Å². The zero-order chi connectivity index (χ0) is 20.4. The molecule has 2 aliphatic heterocycles. The maximum Gasteiger partial charge on any atom is 0.269 e. The van der Waals surface area contributed by atoms with Crippen molar-refractivity contribution in [2.24, 2.45) is 0 Å². The van der Waals surface area contributed by atoms with Crippen molar-refractivity contribution in [1.82, 2.24) is 10.2 Å². The van der Waals surface area contributed by atoms with Gasteiger partial charge >= 0.3 is 0 Å². The molecule has 1 amide bonds. The molecule has 2 aromatic carbocycles. The lowest BCUT2D eigenvalue weighted by Crippen LogP contribution is -2.56. The summed E-state index contributed by atoms with van der Waals surface area (Å²) in [6, 6.07) is 15.7. The second-order valence-electron chi connectivity index (χ2n) is 8.34. The third-order valence-electron chi connectivity index (χ3n) is 6.29.